The van der Waals surface area contributed by atoms with E-state index in [4.69, 9.17) is 5.41 Å². The Kier molecular flexibility index (Phi) is 6.07. The fourth-order valence-corrected chi connectivity index (χ4v) is 4.00. The number of nitrogens with zero attached hydrogens (tertiary/aromatic N) is 1. The Balaban J connectivity index is 1.74. The molecule has 2 aliphatic rings. The number of piperidine rings is 2. The number of anilines is 1. The van der Waals surface area contributed by atoms with Gasteiger partial charge in [0, 0.05) is 37.7 Å². The average molecular weight is 392 g/mol. The first-order valence-electron chi connectivity index (χ1n) is 9.63. The third-order valence-electron chi connectivity index (χ3n) is 5.45. The van der Waals surface area contributed by atoms with Crippen LogP contribution in [0.4, 0.5) is 14.5 Å². The van der Waals surface area contributed by atoms with Gasteiger partial charge in [-0.05, 0) is 31.4 Å². The molecule has 1 aromatic rings. The quantitative estimate of drug-likeness (QED) is 0.513. The number of benzene rings is 1. The second kappa shape index (κ2) is 8.34. The summed E-state index contributed by atoms with van der Waals surface area (Å²) in [5, 5.41) is 13.9. The van der Waals surface area contributed by atoms with Gasteiger partial charge < -0.3 is 10.7 Å². The summed E-state index contributed by atoms with van der Waals surface area (Å²) in [6.07, 6.45) is 1.55. The highest BCUT2D eigenvalue weighted by Crippen LogP contribution is 2.29. The molecule has 3 N–H and O–H groups in total. The van der Waals surface area contributed by atoms with E-state index in [1.165, 1.54) is 0 Å². The topological polar surface area (TPSA) is 85.3 Å². The molecule has 0 bridgehead atoms. The molecule has 2 fully saturated rings. The maximum Gasteiger partial charge on any atom is 0.260 e. The van der Waals surface area contributed by atoms with Crippen molar-refractivity contribution in [3.8, 4) is 0 Å². The van der Waals surface area contributed by atoms with Crippen molar-refractivity contribution in [2.24, 2.45) is 5.92 Å². The van der Waals surface area contributed by atoms with Crippen molar-refractivity contribution in [1.82, 2.24) is 10.2 Å². The van der Waals surface area contributed by atoms with Crippen molar-refractivity contribution in [3.05, 3.63) is 29.3 Å². The van der Waals surface area contributed by atoms with Crippen LogP contribution in [0.2, 0.25) is 0 Å². The van der Waals surface area contributed by atoms with Gasteiger partial charge in [0.1, 0.15) is 0 Å². The Hall–Kier alpha value is -2.35. The second-order valence-electron chi connectivity index (χ2n) is 7.49. The molecule has 0 spiro atoms. The van der Waals surface area contributed by atoms with E-state index in [1.807, 2.05) is 12.1 Å². The van der Waals surface area contributed by atoms with Crippen LogP contribution in [-0.4, -0.2) is 55.0 Å². The number of hydrogen-bond donors (Lipinski definition) is 3. The van der Waals surface area contributed by atoms with Gasteiger partial charge in [-0.1, -0.05) is 18.2 Å². The SMILES string of the molecule is CNc1c(CCN2CCCC(F)(F)C2)cccc1C(=N)C1CCC(=O)NC1=O. The summed E-state index contributed by atoms with van der Waals surface area (Å²) in [5.41, 5.74) is 2.44. The van der Waals surface area contributed by atoms with Gasteiger partial charge in [-0.3, -0.25) is 19.8 Å². The zero-order chi connectivity index (χ0) is 20.3. The first-order valence-corrected chi connectivity index (χ1v) is 9.63. The summed E-state index contributed by atoms with van der Waals surface area (Å²) in [7, 11) is 1.75. The number of carbonyl (C=O) groups is 2. The van der Waals surface area contributed by atoms with Crippen LogP contribution in [-0.2, 0) is 16.0 Å². The minimum atomic E-state index is -2.63. The largest absolute Gasteiger partial charge is 0.387 e. The maximum atomic E-state index is 13.6. The molecule has 28 heavy (non-hydrogen) atoms. The summed E-state index contributed by atoms with van der Waals surface area (Å²) in [6, 6.07) is 5.50. The summed E-state index contributed by atoms with van der Waals surface area (Å²) in [4.78, 5) is 25.3. The Morgan fingerprint density at radius 1 is 1.39 bits per heavy atom. The van der Waals surface area contributed by atoms with Crippen LogP contribution in [0.15, 0.2) is 18.2 Å². The molecule has 2 heterocycles. The number of para-hydroxylation sites is 1. The molecule has 0 aliphatic carbocycles. The fourth-order valence-electron chi connectivity index (χ4n) is 4.00. The number of likely N-dealkylation sites (tertiary alicyclic amines) is 1. The summed E-state index contributed by atoms with van der Waals surface area (Å²) in [5.74, 6) is -4.04. The van der Waals surface area contributed by atoms with Gasteiger partial charge >= 0.3 is 0 Å². The van der Waals surface area contributed by atoms with E-state index in [2.05, 4.69) is 10.6 Å². The zero-order valence-electron chi connectivity index (χ0n) is 16.0. The molecular formula is C20H26F2N4O2. The molecule has 2 aliphatic heterocycles. The molecule has 1 unspecified atom stereocenters. The standard InChI is InChI=1S/C20H26F2N4O2/c1-24-18-13(8-11-26-10-3-9-20(21,22)12-26)4-2-5-14(18)17(23)15-6-7-16(27)25-19(15)28/h2,4-5,15,23-24H,3,6-12H2,1H3,(H,25,27,28). The van der Waals surface area contributed by atoms with Crippen LogP contribution in [0.25, 0.3) is 0 Å². The van der Waals surface area contributed by atoms with Gasteiger partial charge in [-0.15, -0.1) is 0 Å². The first-order chi connectivity index (χ1) is 13.3. The lowest BCUT2D eigenvalue weighted by Crippen LogP contribution is -2.44. The zero-order valence-corrected chi connectivity index (χ0v) is 16.0. The number of nitrogens with one attached hydrogen (secondary N) is 3. The van der Waals surface area contributed by atoms with Gasteiger partial charge in [-0.2, -0.15) is 0 Å². The van der Waals surface area contributed by atoms with E-state index in [0.29, 0.717) is 37.9 Å². The molecule has 0 aromatic heterocycles. The predicted molar refractivity (Wildman–Crippen MR) is 103 cm³/mol. The summed E-state index contributed by atoms with van der Waals surface area (Å²) < 4.78 is 27.2. The van der Waals surface area contributed by atoms with Gasteiger partial charge in [0.15, 0.2) is 0 Å². The minimum absolute atomic E-state index is 0.0517. The first kappa shape index (κ1) is 20.4. The van der Waals surface area contributed by atoms with E-state index in [0.717, 1.165) is 11.3 Å². The molecule has 1 atom stereocenters. The van der Waals surface area contributed by atoms with Crippen molar-refractivity contribution in [2.45, 2.75) is 38.0 Å². The van der Waals surface area contributed by atoms with Crippen LogP contribution in [0.5, 0.6) is 0 Å². The minimum Gasteiger partial charge on any atom is -0.387 e. The Labute approximate surface area is 163 Å². The van der Waals surface area contributed by atoms with Crippen molar-refractivity contribution in [1.29, 1.82) is 5.41 Å². The number of alkyl halides is 2. The number of halogens is 2. The van der Waals surface area contributed by atoms with Crippen LogP contribution in [0, 0.1) is 11.3 Å². The number of imide groups is 1. The van der Waals surface area contributed by atoms with Gasteiger partial charge in [-0.25, -0.2) is 8.78 Å². The Morgan fingerprint density at radius 3 is 2.86 bits per heavy atom. The smallest absolute Gasteiger partial charge is 0.260 e. The van der Waals surface area contributed by atoms with Crippen molar-refractivity contribution in [2.75, 3.05) is 32.0 Å². The monoisotopic (exact) mass is 392 g/mol. The van der Waals surface area contributed by atoms with Crippen molar-refractivity contribution in [3.63, 3.8) is 0 Å². The van der Waals surface area contributed by atoms with Gasteiger partial charge in [0.2, 0.25) is 11.8 Å². The van der Waals surface area contributed by atoms with Crippen molar-refractivity contribution < 1.29 is 18.4 Å². The molecule has 2 saturated heterocycles. The Morgan fingerprint density at radius 2 is 2.18 bits per heavy atom. The molecule has 6 nitrogen and oxygen atoms in total. The molecule has 2 amide bonds. The number of carbonyl (C=O) groups excluding carboxylic acids is 2. The van der Waals surface area contributed by atoms with Gasteiger partial charge in [0.05, 0.1) is 18.2 Å². The lowest BCUT2D eigenvalue weighted by atomic mass is 9.87. The van der Waals surface area contributed by atoms with Crippen molar-refractivity contribution >= 4 is 23.2 Å². The predicted octanol–water partition coefficient (Wildman–Crippen LogP) is 2.42. The molecule has 0 saturated carbocycles. The number of rotatable bonds is 6. The number of hydrogen-bond acceptors (Lipinski definition) is 5. The highest BCUT2D eigenvalue weighted by atomic mass is 19.3. The lowest BCUT2D eigenvalue weighted by Gasteiger charge is -2.32. The van der Waals surface area contributed by atoms with E-state index in [1.54, 1.807) is 18.0 Å². The van der Waals surface area contributed by atoms with E-state index >= 15 is 0 Å². The van der Waals surface area contributed by atoms with Crippen LogP contribution in [0.1, 0.15) is 36.8 Å². The summed E-state index contributed by atoms with van der Waals surface area (Å²) >= 11 is 0. The molecule has 8 heteroatoms. The fraction of sp³-hybridized carbons (Fsp3) is 0.550. The number of amides is 2. The van der Waals surface area contributed by atoms with Gasteiger partial charge in [0.25, 0.3) is 5.92 Å². The maximum absolute atomic E-state index is 13.6. The average Bonchev–Trinajstić information content (AvgIpc) is 2.64. The molecule has 0 radical (unpaired) electrons. The van der Waals surface area contributed by atoms with E-state index in [9.17, 15) is 18.4 Å². The van der Waals surface area contributed by atoms with E-state index < -0.39 is 17.7 Å². The molecule has 1 aromatic carbocycles. The molecule has 152 valence electrons. The highest BCUT2D eigenvalue weighted by Gasteiger charge is 2.35. The van der Waals surface area contributed by atoms with Crippen LogP contribution < -0.4 is 10.6 Å². The Bertz CT molecular complexity index is 781. The van der Waals surface area contributed by atoms with Crippen LogP contribution in [0.3, 0.4) is 0 Å². The lowest BCUT2D eigenvalue weighted by molar-refractivity contribution is -0.134. The second-order valence-corrected chi connectivity index (χ2v) is 7.49. The third kappa shape index (κ3) is 4.55. The summed E-state index contributed by atoms with van der Waals surface area (Å²) in [6.45, 7) is 0.962. The highest BCUT2D eigenvalue weighted by molar-refractivity contribution is 6.17. The molecular weight excluding hydrogens is 366 g/mol. The molecule has 3 rings (SSSR count). The van der Waals surface area contributed by atoms with Crippen LogP contribution >= 0.6 is 0 Å². The van der Waals surface area contributed by atoms with E-state index in [-0.39, 0.29) is 31.0 Å². The third-order valence-corrected chi connectivity index (χ3v) is 5.45. The normalized spacial score (nSPS) is 22.6.